The molecule has 0 spiro atoms. The van der Waals surface area contributed by atoms with Crippen LogP contribution in [0.5, 0.6) is 11.5 Å². The fourth-order valence-electron chi connectivity index (χ4n) is 2.65. The van der Waals surface area contributed by atoms with Crippen molar-refractivity contribution in [1.82, 2.24) is 4.90 Å². The summed E-state index contributed by atoms with van der Waals surface area (Å²) in [6, 6.07) is 16.8. The zero-order valence-electron chi connectivity index (χ0n) is 13.7. The van der Waals surface area contributed by atoms with Crippen molar-refractivity contribution in [1.29, 1.82) is 0 Å². The van der Waals surface area contributed by atoms with E-state index in [1.54, 1.807) is 7.11 Å². The smallest absolute Gasteiger partial charge is 0.254 e. The van der Waals surface area contributed by atoms with Crippen LogP contribution in [0.1, 0.15) is 10.4 Å². The van der Waals surface area contributed by atoms with Gasteiger partial charge in [0, 0.05) is 18.2 Å². The lowest BCUT2D eigenvalue weighted by Gasteiger charge is -2.33. The quantitative estimate of drug-likeness (QED) is 0.847. The predicted octanol–water partition coefficient (Wildman–Crippen LogP) is 2.62. The van der Waals surface area contributed by atoms with Gasteiger partial charge >= 0.3 is 0 Å². The highest BCUT2D eigenvalue weighted by Gasteiger charge is 2.25. The molecule has 1 unspecified atom stereocenters. The molecular formula is C19H21NO4. The lowest BCUT2D eigenvalue weighted by molar-refractivity contribution is -0.0401. The van der Waals surface area contributed by atoms with E-state index < -0.39 is 0 Å². The van der Waals surface area contributed by atoms with E-state index in [0.29, 0.717) is 31.9 Å². The van der Waals surface area contributed by atoms with Crippen LogP contribution in [0.2, 0.25) is 0 Å². The number of benzene rings is 2. The average Bonchev–Trinajstić information content (AvgIpc) is 2.67. The third-order valence-electron chi connectivity index (χ3n) is 3.92. The van der Waals surface area contributed by atoms with E-state index in [0.717, 1.165) is 11.5 Å². The van der Waals surface area contributed by atoms with E-state index in [9.17, 15) is 4.79 Å². The number of carbonyl (C=O) groups excluding carboxylic acids is 1. The summed E-state index contributed by atoms with van der Waals surface area (Å²) in [5.41, 5.74) is 0.701. The molecule has 0 aliphatic carbocycles. The van der Waals surface area contributed by atoms with Crippen LogP contribution < -0.4 is 9.47 Å². The predicted molar refractivity (Wildman–Crippen MR) is 90.6 cm³/mol. The van der Waals surface area contributed by atoms with Crippen LogP contribution in [0.3, 0.4) is 0 Å². The Labute approximate surface area is 141 Å². The van der Waals surface area contributed by atoms with Crippen molar-refractivity contribution in [2.45, 2.75) is 6.10 Å². The lowest BCUT2D eigenvalue weighted by Crippen LogP contribution is -2.47. The van der Waals surface area contributed by atoms with Crippen LogP contribution in [0.4, 0.5) is 0 Å². The van der Waals surface area contributed by atoms with Gasteiger partial charge in [-0.2, -0.15) is 0 Å². The molecule has 1 amide bonds. The highest BCUT2D eigenvalue weighted by atomic mass is 16.5. The Hall–Kier alpha value is -2.53. The second kappa shape index (κ2) is 7.84. The highest BCUT2D eigenvalue weighted by molar-refractivity contribution is 5.94. The van der Waals surface area contributed by atoms with Gasteiger partial charge in [0.15, 0.2) is 0 Å². The average molecular weight is 327 g/mol. The second-order valence-corrected chi connectivity index (χ2v) is 5.60. The number of carbonyl (C=O) groups is 1. The van der Waals surface area contributed by atoms with Crippen LogP contribution in [-0.2, 0) is 4.74 Å². The molecule has 5 heteroatoms. The Morgan fingerprint density at radius 1 is 1.17 bits per heavy atom. The van der Waals surface area contributed by atoms with Crippen LogP contribution in [0.15, 0.2) is 54.6 Å². The molecule has 1 fully saturated rings. The minimum absolute atomic E-state index is 0.0327. The first kappa shape index (κ1) is 16.3. The largest absolute Gasteiger partial charge is 0.497 e. The van der Waals surface area contributed by atoms with Gasteiger partial charge in [-0.05, 0) is 24.3 Å². The first-order valence-corrected chi connectivity index (χ1v) is 7.99. The summed E-state index contributed by atoms with van der Waals surface area (Å²) in [6.07, 6.45) is -0.141. The summed E-state index contributed by atoms with van der Waals surface area (Å²) in [6.45, 7) is 2.04. The summed E-state index contributed by atoms with van der Waals surface area (Å²) < 4.78 is 16.7. The van der Waals surface area contributed by atoms with Gasteiger partial charge in [-0.1, -0.05) is 24.3 Å². The molecule has 2 aromatic rings. The molecule has 126 valence electrons. The highest BCUT2D eigenvalue weighted by Crippen LogP contribution is 2.20. The van der Waals surface area contributed by atoms with Gasteiger partial charge in [-0.25, -0.2) is 0 Å². The molecule has 1 heterocycles. The summed E-state index contributed by atoms with van der Waals surface area (Å²) in [4.78, 5) is 14.3. The third-order valence-corrected chi connectivity index (χ3v) is 3.92. The van der Waals surface area contributed by atoms with Gasteiger partial charge in [0.1, 0.15) is 24.2 Å². The fourth-order valence-corrected chi connectivity index (χ4v) is 2.65. The summed E-state index contributed by atoms with van der Waals surface area (Å²) in [5.74, 6) is 1.51. The minimum atomic E-state index is -0.141. The van der Waals surface area contributed by atoms with Crippen LogP contribution >= 0.6 is 0 Å². The van der Waals surface area contributed by atoms with Gasteiger partial charge < -0.3 is 19.1 Å². The molecule has 24 heavy (non-hydrogen) atoms. The van der Waals surface area contributed by atoms with Gasteiger partial charge in [-0.15, -0.1) is 0 Å². The maximum atomic E-state index is 12.5. The zero-order valence-corrected chi connectivity index (χ0v) is 13.7. The Bertz CT molecular complexity index is 674. The van der Waals surface area contributed by atoms with Gasteiger partial charge in [0.2, 0.25) is 0 Å². The maximum Gasteiger partial charge on any atom is 0.254 e. The van der Waals surface area contributed by atoms with E-state index in [2.05, 4.69) is 0 Å². The molecule has 0 saturated carbocycles. The van der Waals surface area contributed by atoms with Crippen molar-refractivity contribution in [2.75, 3.05) is 33.4 Å². The molecule has 0 N–H and O–H groups in total. The monoisotopic (exact) mass is 327 g/mol. The molecule has 5 nitrogen and oxygen atoms in total. The van der Waals surface area contributed by atoms with Crippen molar-refractivity contribution in [3.63, 3.8) is 0 Å². The SMILES string of the molecule is COc1cccc(OCC2CN(C(=O)c3ccccc3)CCO2)c1. The number of ether oxygens (including phenoxy) is 3. The number of morpholine rings is 1. The van der Waals surface area contributed by atoms with Crippen molar-refractivity contribution in [2.24, 2.45) is 0 Å². The molecule has 1 aliphatic heterocycles. The van der Waals surface area contributed by atoms with Crippen LogP contribution in [0, 0.1) is 0 Å². The Morgan fingerprint density at radius 3 is 2.75 bits per heavy atom. The molecule has 3 rings (SSSR count). The van der Waals surface area contributed by atoms with Crippen molar-refractivity contribution in [3.8, 4) is 11.5 Å². The van der Waals surface area contributed by atoms with Crippen LogP contribution in [-0.4, -0.2) is 50.3 Å². The number of rotatable bonds is 5. The molecule has 0 radical (unpaired) electrons. The maximum absolute atomic E-state index is 12.5. The normalized spacial score (nSPS) is 17.4. The first-order chi connectivity index (χ1) is 11.8. The van der Waals surface area contributed by atoms with Crippen LogP contribution in [0.25, 0.3) is 0 Å². The number of amides is 1. The van der Waals surface area contributed by atoms with Crippen molar-refractivity contribution in [3.05, 3.63) is 60.2 Å². The molecule has 1 aliphatic rings. The molecule has 1 saturated heterocycles. The van der Waals surface area contributed by atoms with Gasteiger partial charge in [-0.3, -0.25) is 4.79 Å². The van der Waals surface area contributed by atoms with Crippen molar-refractivity contribution >= 4 is 5.91 Å². The Morgan fingerprint density at radius 2 is 1.96 bits per heavy atom. The summed E-state index contributed by atoms with van der Waals surface area (Å²) in [7, 11) is 1.62. The third kappa shape index (κ3) is 4.06. The van der Waals surface area contributed by atoms with E-state index in [4.69, 9.17) is 14.2 Å². The molecular weight excluding hydrogens is 306 g/mol. The topological polar surface area (TPSA) is 48.0 Å². The summed E-state index contributed by atoms with van der Waals surface area (Å²) in [5, 5.41) is 0. The number of hydrogen-bond acceptors (Lipinski definition) is 4. The van der Waals surface area contributed by atoms with Gasteiger partial charge in [0.25, 0.3) is 5.91 Å². The number of methoxy groups -OCH3 is 1. The number of hydrogen-bond donors (Lipinski definition) is 0. The zero-order chi connectivity index (χ0) is 16.8. The van der Waals surface area contributed by atoms with E-state index in [1.807, 2.05) is 59.5 Å². The number of nitrogens with zero attached hydrogens (tertiary/aromatic N) is 1. The van der Waals surface area contributed by atoms with E-state index in [-0.39, 0.29) is 12.0 Å². The Balaban J connectivity index is 1.56. The second-order valence-electron chi connectivity index (χ2n) is 5.60. The van der Waals surface area contributed by atoms with Gasteiger partial charge in [0.05, 0.1) is 20.3 Å². The Kier molecular flexibility index (Phi) is 5.33. The molecule has 2 aromatic carbocycles. The first-order valence-electron chi connectivity index (χ1n) is 7.99. The fraction of sp³-hybridized carbons (Fsp3) is 0.316. The molecule has 1 atom stereocenters. The van der Waals surface area contributed by atoms with Crippen molar-refractivity contribution < 1.29 is 19.0 Å². The standard InChI is InChI=1S/C19H21NO4/c1-22-16-8-5-9-17(12-16)24-14-18-13-20(10-11-23-18)19(21)15-6-3-2-4-7-15/h2-9,12,18H,10-11,13-14H2,1H3. The minimum Gasteiger partial charge on any atom is -0.497 e. The summed E-state index contributed by atoms with van der Waals surface area (Å²) >= 11 is 0. The van der Waals surface area contributed by atoms with E-state index in [1.165, 1.54) is 0 Å². The molecule has 0 bridgehead atoms. The lowest BCUT2D eigenvalue weighted by atomic mass is 10.2. The van der Waals surface area contributed by atoms with E-state index >= 15 is 0 Å². The molecule has 0 aromatic heterocycles.